The van der Waals surface area contributed by atoms with Crippen LogP contribution in [0.25, 0.3) is 0 Å². The van der Waals surface area contributed by atoms with Gasteiger partial charge in [0.2, 0.25) is 0 Å². The molecule has 0 spiro atoms. The van der Waals surface area contributed by atoms with E-state index in [0.29, 0.717) is 17.2 Å². The highest BCUT2D eigenvalue weighted by molar-refractivity contribution is 7.92. The summed E-state index contributed by atoms with van der Waals surface area (Å²) in [4.78, 5) is 23.9. The van der Waals surface area contributed by atoms with Crippen molar-refractivity contribution >= 4 is 33.3 Å². The third kappa shape index (κ3) is 10.0. The molecule has 2 aromatic rings. The van der Waals surface area contributed by atoms with E-state index >= 15 is 0 Å². The number of nitrogens with one attached hydrogen (secondary N) is 3. The summed E-state index contributed by atoms with van der Waals surface area (Å²) in [5.41, 5.74) is 2.73. The van der Waals surface area contributed by atoms with Gasteiger partial charge in [0.1, 0.15) is 0 Å². The molecule has 9 nitrogen and oxygen atoms in total. The number of anilines is 2. The molecule has 1 fully saturated rings. The van der Waals surface area contributed by atoms with Crippen LogP contribution in [0, 0.1) is 5.92 Å². The monoisotopic (exact) mass is 586 g/mol. The molecule has 222 valence electrons. The van der Waals surface area contributed by atoms with E-state index < -0.39 is 22.2 Å². The van der Waals surface area contributed by atoms with E-state index in [1.54, 1.807) is 24.3 Å². The van der Waals surface area contributed by atoms with Crippen molar-refractivity contribution < 1.29 is 36.3 Å². The largest absolute Gasteiger partial charge is 0.490 e. The Kier molecular flexibility index (Phi) is 11.8. The number of carboxylic acids is 1. The summed E-state index contributed by atoms with van der Waals surface area (Å²) < 4.78 is 61.0. The average molecular weight is 587 g/mol. The van der Waals surface area contributed by atoms with E-state index in [9.17, 15) is 26.4 Å². The molecule has 1 amide bonds. The number of carbonyl (C=O) groups is 2. The van der Waals surface area contributed by atoms with Crippen molar-refractivity contribution in [1.82, 2.24) is 10.6 Å². The Labute approximate surface area is 233 Å². The van der Waals surface area contributed by atoms with Gasteiger partial charge in [-0.3, -0.25) is 9.52 Å². The number of halogens is 3. The zero-order chi connectivity index (χ0) is 30.1. The maximum Gasteiger partial charge on any atom is 0.490 e. The van der Waals surface area contributed by atoms with Gasteiger partial charge in [-0.2, -0.15) is 13.2 Å². The Balaban J connectivity index is 0.000000708. The molecular formula is C27H37F3N4O5S. The highest BCUT2D eigenvalue weighted by Crippen LogP contribution is 2.30. The Morgan fingerprint density at radius 1 is 1.05 bits per heavy atom. The van der Waals surface area contributed by atoms with Gasteiger partial charge in [0, 0.05) is 37.8 Å². The SMILES string of the molecule is CCC(C)NC(=O)c1ccc(N2CCNCC2)c(NS(=O)(=O)c2ccc(CC(C)C)cc2)c1.O=C(O)C(F)(F)F. The number of aliphatic carboxylic acids is 1. The number of carbonyl (C=O) groups excluding carboxylic acids is 1. The van der Waals surface area contributed by atoms with E-state index in [-0.39, 0.29) is 16.8 Å². The summed E-state index contributed by atoms with van der Waals surface area (Å²) in [5.74, 6) is -2.47. The summed E-state index contributed by atoms with van der Waals surface area (Å²) in [6.07, 6.45) is -3.37. The first kappa shape index (κ1) is 32.9. The fourth-order valence-electron chi connectivity index (χ4n) is 3.83. The van der Waals surface area contributed by atoms with Crippen molar-refractivity contribution in [3.05, 3.63) is 53.6 Å². The number of carboxylic acid groups (broad SMARTS) is 1. The lowest BCUT2D eigenvalue weighted by Crippen LogP contribution is -2.43. The Bertz CT molecular complexity index is 1250. The number of rotatable bonds is 9. The molecule has 1 aliphatic rings. The highest BCUT2D eigenvalue weighted by atomic mass is 32.2. The van der Waals surface area contributed by atoms with Crippen LogP contribution in [0.2, 0.25) is 0 Å². The maximum atomic E-state index is 13.2. The molecule has 1 saturated heterocycles. The van der Waals surface area contributed by atoms with Gasteiger partial charge in [-0.15, -0.1) is 0 Å². The van der Waals surface area contributed by atoms with Gasteiger partial charge in [-0.05, 0) is 61.6 Å². The second-order valence-electron chi connectivity index (χ2n) is 9.90. The zero-order valence-electron chi connectivity index (χ0n) is 23.0. The molecule has 40 heavy (non-hydrogen) atoms. The van der Waals surface area contributed by atoms with E-state index in [4.69, 9.17) is 9.90 Å². The second kappa shape index (κ2) is 14.4. The van der Waals surface area contributed by atoms with E-state index in [1.807, 2.05) is 32.0 Å². The molecule has 1 unspecified atom stereocenters. The maximum absolute atomic E-state index is 13.2. The Morgan fingerprint density at radius 2 is 1.62 bits per heavy atom. The van der Waals surface area contributed by atoms with Crippen LogP contribution in [0.3, 0.4) is 0 Å². The van der Waals surface area contributed by atoms with Crippen LogP contribution >= 0.6 is 0 Å². The topological polar surface area (TPSA) is 128 Å². The van der Waals surface area contributed by atoms with Crippen molar-refractivity contribution in [2.75, 3.05) is 35.8 Å². The first-order chi connectivity index (χ1) is 18.6. The number of hydrogen-bond acceptors (Lipinski definition) is 6. The molecule has 0 saturated carbocycles. The fraction of sp³-hybridized carbons (Fsp3) is 0.481. The molecule has 4 N–H and O–H groups in total. The first-order valence-corrected chi connectivity index (χ1v) is 14.4. The lowest BCUT2D eigenvalue weighted by atomic mass is 10.0. The van der Waals surface area contributed by atoms with Crippen molar-refractivity contribution in [2.24, 2.45) is 5.92 Å². The summed E-state index contributed by atoms with van der Waals surface area (Å²) in [6, 6.07) is 12.3. The molecule has 0 aliphatic carbocycles. The van der Waals surface area contributed by atoms with Crippen molar-refractivity contribution in [2.45, 2.75) is 57.7 Å². The van der Waals surface area contributed by atoms with Crippen LogP contribution in [0.4, 0.5) is 24.5 Å². The van der Waals surface area contributed by atoms with Gasteiger partial charge in [-0.1, -0.05) is 32.9 Å². The number of piperazine rings is 1. The van der Waals surface area contributed by atoms with Crippen LogP contribution in [-0.4, -0.2) is 63.8 Å². The fourth-order valence-corrected chi connectivity index (χ4v) is 4.89. The van der Waals surface area contributed by atoms with Crippen LogP contribution in [0.15, 0.2) is 47.4 Å². The number of nitrogens with zero attached hydrogens (tertiary/aromatic N) is 1. The van der Waals surface area contributed by atoms with Gasteiger partial charge in [0.05, 0.1) is 16.3 Å². The van der Waals surface area contributed by atoms with Gasteiger partial charge in [0.25, 0.3) is 15.9 Å². The Hall–Kier alpha value is -3.32. The standard InChI is InChI=1S/C25H36N4O3S.C2HF3O2/c1-5-19(4)27-25(30)21-8-11-24(29-14-12-26-13-15-29)23(17-21)28-33(31,32)22-9-6-20(7-10-22)16-18(2)3;3-2(4,5)1(6)7/h6-11,17-19,26,28H,5,12-16H2,1-4H3,(H,27,30);(H,6,7). The number of sulfonamides is 1. The van der Waals surface area contributed by atoms with E-state index in [1.165, 1.54) is 0 Å². The summed E-state index contributed by atoms with van der Waals surface area (Å²) in [6.45, 7) is 11.4. The van der Waals surface area contributed by atoms with Crippen molar-refractivity contribution in [3.8, 4) is 0 Å². The van der Waals surface area contributed by atoms with Gasteiger partial charge in [0.15, 0.2) is 0 Å². The third-order valence-corrected chi connectivity index (χ3v) is 7.45. The van der Waals surface area contributed by atoms with Crippen LogP contribution in [-0.2, 0) is 21.2 Å². The first-order valence-electron chi connectivity index (χ1n) is 13.0. The van der Waals surface area contributed by atoms with Crippen LogP contribution in [0.5, 0.6) is 0 Å². The van der Waals surface area contributed by atoms with Crippen LogP contribution in [0.1, 0.15) is 50.0 Å². The molecule has 0 radical (unpaired) electrons. The Morgan fingerprint density at radius 3 is 2.12 bits per heavy atom. The zero-order valence-corrected chi connectivity index (χ0v) is 23.8. The third-order valence-electron chi connectivity index (χ3n) is 6.07. The molecule has 1 atom stereocenters. The molecule has 0 bridgehead atoms. The molecule has 2 aromatic carbocycles. The van der Waals surface area contributed by atoms with Gasteiger partial charge < -0.3 is 20.6 Å². The minimum absolute atomic E-state index is 0.0369. The quantitative estimate of drug-likeness (QED) is 0.346. The summed E-state index contributed by atoms with van der Waals surface area (Å²) >= 11 is 0. The average Bonchev–Trinajstić information content (AvgIpc) is 2.88. The number of hydrogen-bond donors (Lipinski definition) is 4. The van der Waals surface area contributed by atoms with Gasteiger partial charge >= 0.3 is 12.1 Å². The van der Waals surface area contributed by atoms with E-state index in [0.717, 1.165) is 50.3 Å². The second-order valence-corrected chi connectivity index (χ2v) is 11.6. The molecule has 1 heterocycles. The minimum Gasteiger partial charge on any atom is -0.475 e. The smallest absolute Gasteiger partial charge is 0.475 e. The number of amides is 1. The predicted molar refractivity (Wildman–Crippen MR) is 148 cm³/mol. The van der Waals surface area contributed by atoms with Crippen molar-refractivity contribution in [1.29, 1.82) is 0 Å². The number of alkyl halides is 3. The molecule has 3 rings (SSSR count). The minimum atomic E-state index is -5.08. The van der Waals surface area contributed by atoms with Crippen LogP contribution < -0.4 is 20.3 Å². The molecular weight excluding hydrogens is 549 g/mol. The summed E-state index contributed by atoms with van der Waals surface area (Å²) in [7, 11) is -3.81. The molecule has 13 heteroatoms. The molecule has 1 aliphatic heterocycles. The van der Waals surface area contributed by atoms with E-state index in [2.05, 4.69) is 34.1 Å². The lowest BCUT2D eigenvalue weighted by molar-refractivity contribution is -0.192. The lowest BCUT2D eigenvalue weighted by Gasteiger charge is -2.31. The number of benzene rings is 2. The molecule has 0 aromatic heterocycles. The highest BCUT2D eigenvalue weighted by Gasteiger charge is 2.38. The van der Waals surface area contributed by atoms with Crippen molar-refractivity contribution in [3.63, 3.8) is 0 Å². The predicted octanol–water partition coefficient (Wildman–Crippen LogP) is 4.26. The van der Waals surface area contributed by atoms with Gasteiger partial charge in [-0.25, -0.2) is 13.2 Å². The normalized spacial score (nSPS) is 14.7. The summed E-state index contributed by atoms with van der Waals surface area (Å²) in [5, 5.41) is 13.4.